The number of nitrogens with zero attached hydrogens (tertiary/aromatic N) is 4. The molecule has 0 spiro atoms. The molecule has 1 N–H and O–H groups in total. The van der Waals surface area contributed by atoms with Crippen LogP contribution in [0.15, 0.2) is 30.6 Å². The first-order chi connectivity index (χ1) is 6.90. The van der Waals surface area contributed by atoms with Gasteiger partial charge in [0.15, 0.2) is 0 Å². The maximum atomic E-state index is 3.80. The van der Waals surface area contributed by atoms with E-state index in [1.165, 1.54) is 5.56 Å². The second kappa shape index (κ2) is 3.97. The van der Waals surface area contributed by atoms with Crippen LogP contribution in [-0.2, 0) is 6.54 Å². The summed E-state index contributed by atoms with van der Waals surface area (Å²) in [5.74, 6) is 0. The van der Waals surface area contributed by atoms with Crippen LogP contribution >= 0.6 is 0 Å². The minimum absolute atomic E-state index is 0.871. The Morgan fingerprint density at radius 3 is 2.64 bits per heavy atom. The molecule has 0 saturated carbocycles. The van der Waals surface area contributed by atoms with Crippen LogP contribution in [-0.4, -0.2) is 27.3 Å². The lowest BCUT2D eigenvalue weighted by molar-refractivity contribution is 0.785. The van der Waals surface area contributed by atoms with Crippen LogP contribution in [0.4, 0.5) is 0 Å². The van der Waals surface area contributed by atoms with Crippen molar-refractivity contribution < 1.29 is 0 Å². The summed E-state index contributed by atoms with van der Waals surface area (Å²) < 4.78 is 1.63. The summed E-state index contributed by atoms with van der Waals surface area (Å²) in [7, 11) is 1.93. The van der Waals surface area contributed by atoms with Crippen LogP contribution < -0.4 is 5.32 Å². The predicted molar refractivity (Wildman–Crippen MR) is 51.9 cm³/mol. The van der Waals surface area contributed by atoms with E-state index < -0.39 is 0 Å². The van der Waals surface area contributed by atoms with Gasteiger partial charge >= 0.3 is 0 Å². The average Bonchev–Trinajstić information content (AvgIpc) is 2.72. The van der Waals surface area contributed by atoms with Crippen molar-refractivity contribution in [3.63, 3.8) is 0 Å². The number of aromatic nitrogens is 4. The third-order valence-electron chi connectivity index (χ3n) is 1.93. The van der Waals surface area contributed by atoms with E-state index in [2.05, 4.69) is 20.8 Å². The molecule has 0 radical (unpaired) electrons. The normalized spacial score (nSPS) is 10.4. The summed E-state index contributed by atoms with van der Waals surface area (Å²) in [6.45, 7) is 0.871. The van der Waals surface area contributed by atoms with Crippen LogP contribution in [0.5, 0.6) is 0 Å². The van der Waals surface area contributed by atoms with Gasteiger partial charge in [0, 0.05) is 6.54 Å². The second-order valence-corrected chi connectivity index (χ2v) is 2.95. The standard InChI is InChI=1S/C9H11N5/c1-10-6-8-2-4-9(5-3-8)14-7-11-12-13-14/h2-5,7,10H,6H2,1H3. The van der Waals surface area contributed by atoms with E-state index in [1.54, 1.807) is 11.0 Å². The SMILES string of the molecule is CNCc1ccc(-n2cnnn2)cc1. The van der Waals surface area contributed by atoms with Gasteiger partial charge in [0.1, 0.15) is 6.33 Å². The minimum Gasteiger partial charge on any atom is -0.316 e. The molecule has 2 aromatic rings. The molecule has 2 rings (SSSR count). The number of rotatable bonds is 3. The molecule has 0 bridgehead atoms. The molecule has 72 valence electrons. The third-order valence-corrected chi connectivity index (χ3v) is 1.93. The molecule has 0 aliphatic rings. The van der Waals surface area contributed by atoms with Crippen LogP contribution in [0, 0.1) is 0 Å². The second-order valence-electron chi connectivity index (χ2n) is 2.95. The first kappa shape index (κ1) is 8.83. The lowest BCUT2D eigenvalue weighted by atomic mass is 10.2. The summed E-state index contributed by atoms with van der Waals surface area (Å²) in [5.41, 5.74) is 2.21. The zero-order valence-corrected chi connectivity index (χ0v) is 7.88. The number of hydrogen-bond acceptors (Lipinski definition) is 4. The highest BCUT2D eigenvalue weighted by Crippen LogP contribution is 2.06. The largest absolute Gasteiger partial charge is 0.316 e. The fourth-order valence-corrected chi connectivity index (χ4v) is 1.25. The van der Waals surface area contributed by atoms with Crippen LogP contribution in [0.3, 0.4) is 0 Å². The van der Waals surface area contributed by atoms with E-state index in [1.807, 2.05) is 31.3 Å². The zero-order valence-electron chi connectivity index (χ0n) is 7.88. The smallest absolute Gasteiger partial charge is 0.143 e. The van der Waals surface area contributed by atoms with Gasteiger partial charge in [0.2, 0.25) is 0 Å². The molecular formula is C9H11N5. The Morgan fingerprint density at radius 2 is 2.07 bits per heavy atom. The van der Waals surface area contributed by atoms with Gasteiger partial charge in [0.05, 0.1) is 5.69 Å². The summed E-state index contributed by atoms with van der Waals surface area (Å²) in [5, 5.41) is 14.0. The molecule has 0 aliphatic heterocycles. The summed E-state index contributed by atoms with van der Waals surface area (Å²) in [6, 6.07) is 8.08. The van der Waals surface area contributed by atoms with Crippen LogP contribution in [0.25, 0.3) is 5.69 Å². The van der Waals surface area contributed by atoms with Gasteiger partial charge < -0.3 is 5.32 Å². The Bertz CT molecular complexity index is 378. The molecule has 14 heavy (non-hydrogen) atoms. The Hall–Kier alpha value is -1.75. The first-order valence-corrected chi connectivity index (χ1v) is 4.37. The first-order valence-electron chi connectivity index (χ1n) is 4.37. The zero-order chi connectivity index (χ0) is 9.80. The van der Waals surface area contributed by atoms with Crippen molar-refractivity contribution in [1.29, 1.82) is 0 Å². The topological polar surface area (TPSA) is 55.6 Å². The minimum atomic E-state index is 0.871. The van der Waals surface area contributed by atoms with E-state index in [0.29, 0.717) is 0 Å². The van der Waals surface area contributed by atoms with Crippen molar-refractivity contribution >= 4 is 0 Å². The molecule has 5 heteroatoms. The lowest BCUT2D eigenvalue weighted by Gasteiger charge is -2.01. The van der Waals surface area contributed by atoms with E-state index in [0.717, 1.165) is 12.2 Å². The van der Waals surface area contributed by atoms with Crippen molar-refractivity contribution in [3.05, 3.63) is 36.2 Å². The number of nitrogens with one attached hydrogen (secondary N) is 1. The molecule has 0 unspecified atom stereocenters. The molecular weight excluding hydrogens is 178 g/mol. The number of tetrazole rings is 1. The van der Waals surface area contributed by atoms with Crippen LogP contribution in [0.2, 0.25) is 0 Å². The highest BCUT2D eigenvalue weighted by molar-refractivity contribution is 5.32. The molecule has 0 atom stereocenters. The van der Waals surface area contributed by atoms with Gasteiger partial charge in [0.25, 0.3) is 0 Å². The monoisotopic (exact) mass is 189 g/mol. The lowest BCUT2D eigenvalue weighted by Crippen LogP contribution is -2.05. The molecule has 5 nitrogen and oxygen atoms in total. The summed E-state index contributed by atoms with van der Waals surface area (Å²) in [4.78, 5) is 0. The summed E-state index contributed by atoms with van der Waals surface area (Å²) >= 11 is 0. The summed E-state index contributed by atoms with van der Waals surface area (Å²) in [6.07, 6.45) is 1.58. The molecule has 0 fully saturated rings. The fraction of sp³-hybridized carbons (Fsp3) is 0.222. The maximum Gasteiger partial charge on any atom is 0.143 e. The molecule has 0 aliphatic carbocycles. The highest BCUT2D eigenvalue weighted by atomic mass is 15.5. The number of hydrogen-bond donors (Lipinski definition) is 1. The fourth-order valence-electron chi connectivity index (χ4n) is 1.25. The van der Waals surface area contributed by atoms with Crippen LogP contribution in [0.1, 0.15) is 5.56 Å². The Labute approximate surface area is 81.8 Å². The van der Waals surface area contributed by atoms with Crippen molar-refractivity contribution in [1.82, 2.24) is 25.5 Å². The quantitative estimate of drug-likeness (QED) is 0.758. The van der Waals surface area contributed by atoms with E-state index in [9.17, 15) is 0 Å². The molecule has 1 aromatic carbocycles. The van der Waals surface area contributed by atoms with Gasteiger partial charge in [-0.2, -0.15) is 0 Å². The van der Waals surface area contributed by atoms with Crippen molar-refractivity contribution in [2.45, 2.75) is 6.54 Å². The van der Waals surface area contributed by atoms with Gasteiger partial charge in [-0.25, -0.2) is 4.68 Å². The Kier molecular flexibility index (Phi) is 2.51. The third kappa shape index (κ3) is 1.77. The highest BCUT2D eigenvalue weighted by Gasteiger charge is 1.96. The van der Waals surface area contributed by atoms with E-state index in [-0.39, 0.29) is 0 Å². The molecule has 0 saturated heterocycles. The van der Waals surface area contributed by atoms with Crippen molar-refractivity contribution in [2.75, 3.05) is 7.05 Å². The molecule has 1 heterocycles. The number of benzene rings is 1. The maximum absolute atomic E-state index is 3.80. The van der Waals surface area contributed by atoms with E-state index >= 15 is 0 Å². The Morgan fingerprint density at radius 1 is 1.29 bits per heavy atom. The van der Waals surface area contributed by atoms with Crippen molar-refractivity contribution in [3.8, 4) is 5.69 Å². The van der Waals surface area contributed by atoms with Gasteiger partial charge in [-0.1, -0.05) is 12.1 Å². The Balaban J connectivity index is 2.22. The average molecular weight is 189 g/mol. The molecule has 1 aromatic heterocycles. The van der Waals surface area contributed by atoms with Gasteiger partial charge in [-0.3, -0.25) is 0 Å². The van der Waals surface area contributed by atoms with Crippen molar-refractivity contribution in [2.24, 2.45) is 0 Å². The van der Waals surface area contributed by atoms with E-state index in [4.69, 9.17) is 0 Å². The van der Waals surface area contributed by atoms with Gasteiger partial charge in [-0.15, -0.1) is 5.10 Å². The molecule has 0 amide bonds. The predicted octanol–water partition coefficient (Wildman–Crippen LogP) is 0.382. The van der Waals surface area contributed by atoms with Gasteiger partial charge in [-0.05, 0) is 35.2 Å².